The van der Waals surface area contributed by atoms with Gasteiger partial charge in [0.05, 0.1) is 0 Å². The molecule has 16 heavy (non-hydrogen) atoms. The second-order valence-electron chi connectivity index (χ2n) is 5.86. The van der Waals surface area contributed by atoms with Gasteiger partial charge in [-0.15, -0.1) is 0 Å². The molecule has 0 amide bonds. The molecule has 0 spiro atoms. The second-order valence-corrected chi connectivity index (χ2v) is 5.86. The lowest BCUT2D eigenvalue weighted by atomic mass is 9.73. The summed E-state index contributed by atoms with van der Waals surface area (Å²) in [6, 6.07) is 0. The molecule has 4 unspecified atom stereocenters. The molecule has 0 aromatic heterocycles. The van der Waals surface area contributed by atoms with Crippen molar-refractivity contribution in [1.82, 2.24) is 0 Å². The highest BCUT2D eigenvalue weighted by atomic mass is 16.5. The van der Waals surface area contributed by atoms with Crippen molar-refractivity contribution in [1.29, 1.82) is 0 Å². The summed E-state index contributed by atoms with van der Waals surface area (Å²) in [5.41, 5.74) is 0. The van der Waals surface area contributed by atoms with Gasteiger partial charge < -0.3 is 4.74 Å². The van der Waals surface area contributed by atoms with E-state index in [9.17, 15) is 4.79 Å². The van der Waals surface area contributed by atoms with Gasteiger partial charge in [-0.05, 0) is 49.9 Å². The lowest BCUT2D eigenvalue weighted by Crippen LogP contribution is -2.35. The first-order valence-electron chi connectivity index (χ1n) is 6.70. The minimum absolute atomic E-state index is 0.0920. The number of carbonyl (C=O) groups excluding carboxylic acids is 1. The van der Waals surface area contributed by atoms with Crippen molar-refractivity contribution >= 4 is 5.78 Å². The Morgan fingerprint density at radius 1 is 1.12 bits per heavy atom. The molecule has 2 fully saturated rings. The summed E-state index contributed by atoms with van der Waals surface area (Å²) in [7, 11) is 1.69. The van der Waals surface area contributed by atoms with Crippen LogP contribution in [0.15, 0.2) is 0 Å². The molecule has 0 aliphatic heterocycles. The van der Waals surface area contributed by atoms with Gasteiger partial charge in [-0.1, -0.05) is 13.8 Å². The number of Topliss-reactive ketones (excluding diaryl/α,β-unsaturated/α-hetero) is 1. The van der Waals surface area contributed by atoms with E-state index >= 15 is 0 Å². The summed E-state index contributed by atoms with van der Waals surface area (Å²) < 4.78 is 5.40. The molecule has 4 atom stereocenters. The number of rotatable bonds is 4. The van der Waals surface area contributed by atoms with Crippen LogP contribution in [-0.4, -0.2) is 19.0 Å². The van der Waals surface area contributed by atoms with Gasteiger partial charge in [0, 0.05) is 13.0 Å². The van der Waals surface area contributed by atoms with Gasteiger partial charge >= 0.3 is 0 Å². The quantitative estimate of drug-likeness (QED) is 0.733. The molecular weight excluding hydrogens is 200 g/mol. The molecule has 2 aliphatic rings. The normalized spacial score (nSPS) is 37.1. The fourth-order valence-corrected chi connectivity index (χ4v) is 2.98. The Hall–Kier alpha value is -0.370. The van der Waals surface area contributed by atoms with Crippen LogP contribution in [0.25, 0.3) is 0 Å². The predicted molar refractivity (Wildman–Crippen MR) is 64.2 cm³/mol. The second kappa shape index (κ2) is 4.87. The molecular formula is C14H24O2. The van der Waals surface area contributed by atoms with Crippen LogP contribution in [0.5, 0.6) is 0 Å². The average molecular weight is 224 g/mol. The van der Waals surface area contributed by atoms with Crippen LogP contribution in [0.4, 0.5) is 0 Å². The summed E-state index contributed by atoms with van der Waals surface area (Å²) >= 11 is 0. The van der Waals surface area contributed by atoms with Crippen LogP contribution in [0, 0.1) is 23.7 Å². The van der Waals surface area contributed by atoms with Gasteiger partial charge in [-0.2, -0.15) is 0 Å². The van der Waals surface area contributed by atoms with Gasteiger partial charge in [-0.25, -0.2) is 0 Å². The van der Waals surface area contributed by atoms with Crippen molar-refractivity contribution in [2.45, 2.75) is 52.1 Å². The molecule has 2 aliphatic carbocycles. The van der Waals surface area contributed by atoms with Crippen molar-refractivity contribution in [3.63, 3.8) is 0 Å². The SMILES string of the molecule is COC(C(=O)C1CCC(C)C(C)C1)C1CC1. The fourth-order valence-electron chi connectivity index (χ4n) is 2.98. The van der Waals surface area contributed by atoms with Crippen LogP contribution < -0.4 is 0 Å². The average Bonchev–Trinajstić information content (AvgIpc) is 3.07. The Labute approximate surface area is 98.7 Å². The van der Waals surface area contributed by atoms with Gasteiger partial charge in [0.1, 0.15) is 6.10 Å². The molecule has 0 heterocycles. The molecule has 0 saturated heterocycles. The first kappa shape index (κ1) is 12.1. The van der Waals surface area contributed by atoms with E-state index < -0.39 is 0 Å². The summed E-state index contributed by atoms with van der Waals surface area (Å²) in [5.74, 6) is 2.68. The molecule has 0 aromatic rings. The van der Waals surface area contributed by atoms with Crippen LogP contribution >= 0.6 is 0 Å². The lowest BCUT2D eigenvalue weighted by Gasteiger charge is -2.32. The smallest absolute Gasteiger partial charge is 0.164 e. The number of ether oxygens (including phenoxy) is 1. The maximum absolute atomic E-state index is 12.3. The minimum Gasteiger partial charge on any atom is -0.373 e. The van der Waals surface area contributed by atoms with E-state index in [1.807, 2.05) is 0 Å². The number of methoxy groups -OCH3 is 1. The van der Waals surface area contributed by atoms with E-state index in [1.54, 1.807) is 7.11 Å². The van der Waals surface area contributed by atoms with Crippen LogP contribution in [0.2, 0.25) is 0 Å². The maximum Gasteiger partial charge on any atom is 0.164 e. The van der Waals surface area contributed by atoms with Crippen molar-refractivity contribution in [3.05, 3.63) is 0 Å². The third-order valence-corrected chi connectivity index (χ3v) is 4.59. The largest absolute Gasteiger partial charge is 0.373 e. The van der Waals surface area contributed by atoms with E-state index in [1.165, 1.54) is 19.3 Å². The zero-order valence-electron chi connectivity index (χ0n) is 10.7. The third kappa shape index (κ3) is 2.48. The Morgan fingerprint density at radius 3 is 2.31 bits per heavy atom. The van der Waals surface area contributed by atoms with E-state index in [2.05, 4.69) is 13.8 Å². The first-order chi connectivity index (χ1) is 7.63. The first-order valence-corrected chi connectivity index (χ1v) is 6.70. The lowest BCUT2D eigenvalue weighted by molar-refractivity contribution is -0.136. The molecule has 2 rings (SSSR count). The number of carbonyl (C=O) groups is 1. The van der Waals surface area contributed by atoms with Gasteiger partial charge in [0.25, 0.3) is 0 Å². The van der Waals surface area contributed by atoms with Crippen LogP contribution in [0.3, 0.4) is 0 Å². The number of hydrogen-bond donors (Lipinski definition) is 0. The van der Waals surface area contributed by atoms with Gasteiger partial charge in [0.15, 0.2) is 5.78 Å². The Kier molecular flexibility index (Phi) is 3.68. The van der Waals surface area contributed by atoms with Crippen molar-refractivity contribution in [3.8, 4) is 0 Å². The fraction of sp³-hybridized carbons (Fsp3) is 0.929. The standard InChI is InChI=1S/C14H24O2/c1-9-4-5-12(8-10(9)2)13(15)14(16-3)11-6-7-11/h9-12,14H,4-8H2,1-3H3. The van der Waals surface area contributed by atoms with Crippen LogP contribution in [0.1, 0.15) is 46.0 Å². The summed E-state index contributed by atoms with van der Waals surface area (Å²) in [4.78, 5) is 12.3. The topological polar surface area (TPSA) is 26.3 Å². The monoisotopic (exact) mass is 224 g/mol. The molecule has 2 nitrogen and oxygen atoms in total. The highest BCUT2D eigenvalue weighted by Crippen LogP contribution is 2.39. The van der Waals surface area contributed by atoms with Gasteiger partial charge in [-0.3, -0.25) is 4.79 Å². The molecule has 2 saturated carbocycles. The molecule has 0 aromatic carbocycles. The number of ketones is 1. The Morgan fingerprint density at radius 2 is 1.81 bits per heavy atom. The zero-order valence-corrected chi connectivity index (χ0v) is 10.7. The van der Waals surface area contributed by atoms with Crippen molar-refractivity contribution in [2.24, 2.45) is 23.7 Å². The molecule has 0 bridgehead atoms. The van der Waals surface area contributed by atoms with E-state index in [-0.39, 0.29) is 12.0 Å². The zero-order chi connectivity index (χ0) is 11.7. The number of hydrogen-bond acceptors (Lipinski definition) is 2. The summed E-state index contributed by atoms with van der Waals surface area (Å²) in [6.07, 6.45) is 5.64. The molecule has 0 N–H and O–H groups in total. The Bertz CT molecular complexity index is 257. The third-order valence-electron chi connectivity index (χ3n) is 4.59. The molecule has 92 valence electrons. The van der Waals surface area contributed by atoms with Gasteiger partial charge in [0.2, 0.25) is 0 Å². The van der Waals surface area contributed by atoms with E-state index in [4.69, 9.17) is 4.74 Å². The summed E-state index contributed by atoms with van der Waals surface area (Å²) in [6.45, 7) is 4.59. The highest BCUT2D eigenvalue weighted by Gasteiger charge is 2.40. The van der Waals surface area contributed by atoms with E-state index in [0.29, 0.717) is 17.6 Å². The van der Waals surface area contributed by atoms with E-state index in [0.717, 1.165) is 18.8 Å². The summed E-state index contributed by atoms with van der Waals surface area (Å²) in [5, 5.41) is 0. The predicted octanol–water partition coefficient (Wildman–Crippen LogP) is 3.05. The van der Waals surface area contributed by atoms with Crippen LogP contribution in [-0.2, 0) is 9.53 Å². The molecule has 2 heteroatoms. The molecule has 0 radical (unpaired) electrons. The highest BCUT2D eigenvalue weighted by molar-refractivity contribution is 5.86. The maximum atomic E-state index is 12.3. The van der Waals surface area contributed by atoms with Crippen molar-refractivity contribution in [2.75, 3.05) is 7.11 Å². The Balaban J connectivity index is 1.93. The minimum atomic E-state index is -0.0920. The van der Waals surface area contributed by atoms with Crippen molar-refractivity contribution < 1.29 is 9.53 Å².